The molecule has 0 unspecified atom stereocenters. The lowest BCUT2D eigenvalue weighted by atomic mass is 10.1. The van der Waals surface area contributed by atoms with Crippen LogP contribution in [0, 0.1) is 6.92 Å². The summed E-state index contributed by atoms with van der Waals surface area (Å²) in [5.41, 5.74) is 4.14. The quantitative estimate of drug-likeness (QED) is 0.849. The molecule has 0 atom stereocenters. The molecule has 0 aliphatic carbocycles. The molecule has 16 heavy (non-hydrogen) atoms. The second-order valence-electron chi connectivity index (χ2n) is 3.99. The molecular weight excluding hydrogens is 214 g/mol. The highest BCUT2D eigenvalue weighted by Gasteiger charge is 2.04. The fourth-order valence-electron chi connectivity index (χ4n) is 1.77. The number of hydrogen-bond acceptors (Lipinski definition) is 2. The van der Waals surface area contributed by atoms with Crippen LogP contribution in [0.1, 0.15) is 11.1 Å². The first-order valence-corrected chi connectivity index (χ1v) is 6.47. The van der Waals surface area contributed by atoms with Gasteiger partial charge in [-0.3, -0.25) is 0 Å². The average Bonchev–Trinajstić information content (AvgIpc) is 2.75. The molecule has 2 aromatic rings. The maximum absolute atomic E-state index is 3.18. The Labute approximate surface area is 101 Å². The molecule has 84 valence electrons. The van der Waals surface area contributed by atoms with E-state index in [-0.39, 0.29) is 0 Å². The van der Waals surface area contributed by atoms with E-state index in [2.05, 4.69) is 48.0 Å². The summed E-state index contributed by atoms with van der Waals surface area (Å²) in [5.74, 6) is 0. The van der Waals surface area contributed by atoms with Crippen LogP contribution < -0.4 is 5.32 Å². The van der Waals surface area contributed by atoms with Crippen molar-refractivity contribution in [3.63, 3.8) is 0 Å². The van der Waals surface area contributed by atoms with Crippen LogP contribution in [0.25, 0.3) is 10.4 Å². The number of nitrogens with one attached hydrogen (secondary N) is 1. The summed E-state index contributed by atoms with van der Waals surface area (Å²) in [6.45, 7) is 3.21. The molecule has 1 aromatic heterocycles. The van der Waals surface area contributed by atoms with Gasteiger partial charge in [-0.15, -0.1) is 11.3 Å². The Kier molecular flexibility index (Phi) is 3.75. The molecule has 2 rings (SSSR count). The summed E-state index contributed by atoms with van der Waals surface area (Å²) >= 11 is 1.84. The molecule has 0 saturated heterocycles. The zero-order valence-electron chi connectivity index (χ0n) is 9.79. The number of thiophene rings is 1. The number of hydrogen-bond donors (Lipinski definition) is 1. The third-order valence-corrected chi connectivity index (χ3v) is 3.74. The Morgan fingerprint density at radius 2 is 2.06 bits per heavy atom. The fraction of sp³-hybridized carbons (Fsp3) is 0.286. The second-order valence-corrected chi connectivity index (χ2v) is 4.90. The summed E-state index contributed by atoms with van der Waals surface area (Å²) in [4.78, 5) is 1.38. The van der Waals surface area contributed by atoms with Crippen LogP contribution in [0.5, 0.6) is 0 Å². The second kappa shape index (κ2) is 5.28. The van der Waals surface area contributed by atoms with E-state index >= 15 is 0 Å². The van der Waals surface area contributed by atoms with Crippen LogP contribution in [-0.2, 0) is 6.42 Å². The van der Waals surface area contributed by atoms with Crippen molar-refractivity contribution in [3.05, 3.63) is 46.8 Å². The molecule has 0 aliphatic rings. The van der Waals surface area contributed by atoms with E-state index in [4.69, 9.17) is 0 Å². The average molecular weight is 231 g/mol. The van der Waals surface area contributed by atoms with Gasteiger partial charge in [-0.25, -0.2) is 0 Å². The molecular formula is C14H17NS. The lowest BCUT2D eigenvalue weighted by Gasteiger charge is -2.01. The van der Waals surface area contributed by atoms with Crippen molar-refractivity contribution in [2.75, 3.05) is 13.6 Å². The molecule has 1 aromatic carbocycles. The maximum Gasteiger partial charge on any atom is 0.0348 e. The summed E-state index contributed by atoms with van der Waals surface area (Å²) in [7, 11) is 1.99. The van der Waals surface area contributed by atoms with E-state index in [9.17, 15) is 0 Å². The van der Waals surface area contributed by atoms with E-state index in [1.54, 1.807) is 0 Å². The number of aryl methyl sites for hydroxylation is 1. The lowest BCUT2D eigenvalue weighted by molar-refractivity contribution is 0.793. The van der Waals surface area contributed by atoms with Crippen LogP contribution in [0.2, 0.25) is 0 Å². The Bertz CT molecular complexity index is 459. The van der Waals surface area contributed by atoms with Crippen molar-refractivity contribution >= 4 is 11.3 Å². The Morgan fingerprint density at radius 1 is 1.25 bits per heavy atom. The summed E-state index contributed by atoms with van der Waals surface area (Å²) in [6, 6.07) is 10.9. The molecule has 0 amide bonds. The molecule has 0 saturated carbocycles. The standard InChI is InChI=1S/C14H17NS/c1-11-5-3-4-6-13(11)14-9-12(10-16-14)7-8-15-2/h3-6,9-10,15H,7-8H2,1-2H3. The zero-order chi connectivity index (χ0) is 11.4. The predicted molar refractivity (Wildman–Crippen MR) is 72.1 cm³/mol. The fourth-order valence-corrected chi connectivity index (χ4v) is 2.81. The van der Waals surface area contributed by atoms with Crippen molar-refractivity contribution in [1.29, 1.82) is 0 Å². The van der Waals surface area contributed by atoms with Crippen LogP contribution in [0.4, 0.5) is 0 Å². The van der Waals surface area contributed by atoms with Crippen molar-refractivity contribution < 1.29 is 0 Å². The van der Waals surface area contributed by atoms with Crippen LogP contribution >= 0.6 is 11.3 Å². The molecule has 0 fully saturated rings. The molecule has 0 radical (unpaired) electrons. The number of rotatable bonds is 4. The molecule has 2 heteroatoms. The van der Waals surface area contributed by atoms with Gasteiger partial charge in [-0.1, -0.05) is 24.3 Å². The monoisotopic (exact) mass is 231 g/mol. The van der Waals surface area contributed by atoms with Crippen LogP contribution in [-0.4, -0.2) is 13.6 Å². The van der Waals surface area contributed by atoms with Crippen LogP contribution in [0.15, 0.2) is 35.7 Å². The molecule has 1 nitrogen and oxygen atoms in total. The highest BCUT2D eigenvalue weighted by Crippen LogP contribution is 2.29. The van der Waals surface area contributed by atoms with E-state index in [1.807, 2.05) is 18.4 Å². The molecule has 1 N–H and O–H groups in total. The van der Waals surface area contributed by atoms with Gasteiger partial charge in [0.25, 0.3) is 0 Å². The van der Waals surface area contributed by atoms with Crippen LogP contribution in [0.3, 0.4) is 0 Å². The molecule has 0 spiro atoms. The number of benzene rings is 1. The third kappa shape index (κ3) is 2.52. The largest absolute Gasteiger partial charge is 0.319 e. The summed E-state index contributed by atoms with van der Waals surface area (Å²) < 4.78 is 0. The van der Waals surface area contributed by atoms with Gasteiger partial charge in [0.05, 0.1) is 0 Å². The van der Waals surface area contributed by atoms with Crippen molar-refractivity contribution in [2.24, 2.45) is 0 Å². The van der Waals surface area contributed by atoms with Gasteiger partial charge in [0, 0.05) is 4.88 Å². The summed E-state index contributed by atoms with van der Waals surface area (Å²) in [6.07, 6.45) is 1.11. The maximum atomic E-state index is 3.18. The predicted octanol–water partition coefficient (Wildman–Crippen LogP) is 3.49. The molecule has 1 heterocycles. The Morgan fingerprint density at radius 3 is 2.81 bits per heavy atom. The SMILES string of the molecule is CNCCc1csc(-c2ccccc2C)c1. The Hall–Kier alpha value is -1.12. The topological polar surface area (TPSA) is 12.0 Å². The first-order chi connectivity index (χ1) is 7.81. The molecule has 0 aliphatic heterocycles. The van der Waals surface area contributed by atoms with Gasteiger partial charge in [0.15, 0.2) is 0 Å². The Balaban J connectivity index is 2.22. The molecule has 0 bridgehead atoms. The minimum Gasteiger partial charge on any atom is -0.319 e. The minimum atomic E-state index is 1.05. The van der Waals surface area contributed by atoms with Crippen molar-refractivity contribution in [1.82, 2.24) is 5.32 Å². The van der Waals surface area contributed by atoms with E-state index in [0.717, 1.165) is 13.0 Å². The third-order valence-electron chi connectivity index (χ3n) is 2.73. The van der Waals surface area contributed by atoms with Crippen molar-refractivity contribution in [2.45, 2.75) is 13.3 Å². The first-order valence-electron chi connectivity index (χ1n) is 5.59. The first kappa shape index (κ1) is 11.4. The normalized spacial score (nSPS) is 10.6. The summed E-state index contributed by atoms with van der Waals surface area (Å²) in [5, 5.41) is 5.44. The lowest BCUT2D eigenvalue weighted by Crippen LogP contribution is -2.09. The zero-order valence-corrected chi connectivity index (χ0v) is 10.6. The van der Waals surface area contributed by atoms with Gasteiger partial charge >= 0.3 is 0 Å². The number of likely N-dealkylation sites (N-methyl/N-ethyl adjacent to an activating group) is 1. The van der Waals surface area contributed by atoms with E-state index < -0.39 is 0 Å². The smallest absolute Gasteiger partial charge is 0.0348 e. The van der Waals surface area contributed by atoms with Gasteiger partial charge in [0.2, 0.25) is 0 Å². The highest BCUT2D eigenvalue weighted by molar-refractivity contribution is 7.13. The van der Waals surface area contributed by atoms with Gasteiger partial charge in [0.1, 0.15) is 0 Å². The van der Waals surface area contributed by atoms with Crippen molar-refractivity contribution in [3.8, 4) is 10.4 Å². The van der Waals surface area contributed by atoms with Gasteiger partial charge in [-0.05, 0) is 55.1 Å². The van der Waals surface area contributed by atoms with E-state index in [1.165, 1.54) is 21.6 Å². The van der Waals surface area contributed by atoms with Gasteiger partial charge < -0.3 is 5.32 Å². The minimum absolute atomic E-state index is 1.05. The highest BCUT2D eigenvalue weighted by atomic mass is 32.1. The van der Waals surface area contributed by atoms with E-state index in [0.29, 0.717) is 0 Å². The van der Waals surface area contributed by atoms with Gasteiger partial charge in [-0.2, -0.15) is 0 Å².